The van der Waals surface area contributed by atoms with E-state index in [1.165, 1.54) is 0 Å². The summed E-state index contributed by atoms with van der Waals surface area (Å²) in [5.41, 5.74) is 0.140. The molecular weight excluding hydrogens is 124 g/mol. The second-order valence-corrected chi connectivity index (χ2v) is 2.12. The summed E-state index contributed by atoms with van der Waals surface area (Å²) in [5.74, 6) is 0. The summed E-state index contributed by atoms with van der Waals surface area (Å²) >= 11 is 0. The SMILES string of the molecule is FC(F)=C1CCCCN1. The minimum Gasteiger partial charge on any atom is -0.384 e. The predicted octanol–water partition coefficient (Wildman–Crippen LogP) is 1.87. The van der Waals surface area contributed by atoms with Crippen LogP contribution in [0.1, 0.15) is 19.3 Å². The molecule has 0 aromatic rings. The fourth-order valence-electron chi connectivity index (χ4n) is 0.916. The summed E-state index contributed by atoms with van der Waals surface area (Å²) in [6, 6.07) is 0. The third-order valence-electron chi connectivity index (χ3n) is 1.42. The van der Waals surface area contributed by atoms with Crippen molar-refractivity contribution in [3.63, 3.8) is 0 Å². The minimum atomic E-state index is -1.55. The third kappa shape index (κ3) is 1.66. The maximum absolute atomic E-state index is 11.7. The van der Waals surface area contributed by atoms with Crippen molar-refractivity contribution in [1.29, 1.82) is 0 Å². The summed E-state index contributed by atoms with van der Waals surface area (Å²) in [6.45, 7) is 0.701. The summed E-state index contributed by atoms with van der Waals surface area (Å²) in [4.78, 5) is 0. The molecule has 1 nitrogen and oxygen atoms in total. The molecule has 9 heavy (non-hydrogen) atoms. The molecular formula is C6H9F2N. The Morgan fingerprint density at radius 1 is 1.33 bits per heavy atom. The van der Waals surface area contributed by atoms with Gasteiger partial charge in [-0.25, -0.2) is 0 Å². The summed E-state index contributed by atoms with van der Waals surface area (Å²) < 4.78 is 23.5. The van der Waals surface area contributed by atoms with Gasteiger partial charge in [0.2, 0.25) is 0 Å². The molecule has 0 aromatic carbocycles. The highest BCUT2D eigenvalue weighted by atomic mass is 19.3. The molecule has 1 aliphatic heterocycles. The van der Waals surface area contributed by atoms with Gasteiger partial charge in [0.15, 0.2) is 0 Å². The van der Waals surface area contributed by atoms with E-state index in [0.717, 1.165) is 12.8 Å². The molecule has 1 heterocycles. The zero-order chi connectivity index (χ0) is 6.69. The maximum atomic E-state index is 11.7. The van der Waals surface area contributed by atoms with Gasteiger partial charge in [-0.3, -0.25) is 0 Å². The van der Waals surface area contributed by atoms with Crippen LogP contribution in [0, 0.1) is 0 Å². The molecule has 0 saturated carbocycles. The highest BCUT2D eigenvalue weighted by Crippen LogP contribution is 2.15. The van der Waals surface area contributed by atoms with E-state index in [1.807, 2.05) is 0 Å². The van der Waals surface area contributed by atoms with E-state index in [2.05, 4.69) is 5.32 Å². The number of allylic oxidation sites excluding steroid dienone is 1. The largest absolute Gasteiger partial charge is 0.384 e. The highest BCUT2D eigenvalue weighted by Gasteiger charge is 2.08. The van der Waals surface area contributed by atoms with E-state index in [1.54, 1.807) is 0 Å². The van der Waals surface area contributed by atoms with Gasteiger partial charge < -0.3 is 5.32 Å². The first kappa shape index (κ1) is 6.52. The highest BCUT2D eigenvalue weighted by molar-refractivity contribution is 5.01. The van der Waals surface area contributed by atoms with Crippen molar-refractivity contribution in [1.82, 2.24) is 5.32 Å². The number of hydrogen-bond acceptors (Lipinski definition) is 1. The Morgan fingerprint density at radius 2 is 2.11 bits per heavy atom. The smallest absolute Gasteiger partial charge is 0.289 e. The molecule has 0 radical (unpaired) electrons. The first-order valence-corrected chi connectivity index (χ1v) is 3.09. The zero-order valence-electron chi connectivity index (χ0n) is 5.08. The first-order valence-electron chi connectivity index (χ1n) is 3.09. The van der Waals surface area contributed by atoms with Gasteiger partial charge in [0, 0.05) is 6.54 Å². The number of rotatable bonds is 0. The van der Waals surface area contributed by atoms with Crippen molar-refractivity contribution >= 4 is 0 Å². The van der Waals surface area contributed by atoms with Gasteiger partial charge in [-0.05, 0) is 19.3 Å². The summed E-state index contributed by atoms with van der Waals surface area (Å²) in [5, 5.41) is 2.65. The number of hydrogen-bond donors (Lipinski definition) is 1. The van der Waals surface area contributed by atoms with Crippen molar-refractivity contribution < 1.29 is 8.78 Å². The molecule has 1 rings (SSSR count). The molecule has 52 valence electrons. The van der Waals surface area contributed by atoms with Gasteiger partial charge in [0.05, 0.1) is 5.70 Å². The van der Waals surface area contributed by atoms with Crippen molar-refractivity contribution in [3.05, 3.63) is 11.8 Å². The van der Waals surface area contributed by atoms with Gasteiger partial charge in [0.1, 0.15) is 0 Å². The second kappa shape index (κ2) is 2.80. The van der Waals surface area contributed by atoms with Crippen LogP contribution in [-0.2, 0) is 0 Å². The molecule has 1 fully saturated rings. The van der Waals surface area contributed by atoms with Gasteiger partial charge in [-0.1, -0.05) is 0 Å². The Kier molecular flexibility index (Phi) is 2.03. The van der Waals surface area contributed by atoms with E-state index in [9.17, 15) is 8.78 Å². The maximum Gasteiger partial charge on any atom is 0.289 e. The van der Waals surface area contributed by atoms with Crippen LogP contribution in [0.3, 0.4) is 0 Å². The molecule has 0 atom stereocenters. The van der Waals surface area contributed by atoms with Crippen molar-refractivity contribution in [2.24, 2.45) is 0 Å². The van der Waals surface area contributed by atoms with E-state index in [-0.39, 0.29) is 5.70 Å². The second-order valence-electron chi connectivity index (χ2n) is 2.12. The van der Waals surface area contributed by atoms with Crippen molar-refractivity contribution in [2.45, 2.75) is 19.3 Å². The minimum absolute atomic E-state index is 0.140. The molecule has 1 saturated heterocycles. The summed E-state index contributed by atoms with van der Waals surface area (Å²) in [6.07, 6.45) is 0.869. The normalized spacial score (nSPS) is 19.1. The number of piperidine rings is 1. The van der Waals surface area contributed by atoms with Crippen LogP contribution in [-0.4, -0.2) is 6.54 Å². The molecule has 0 aliphatic carbocycles. The lowest BCUT2D eigenvalue weighted by atomic mass is 10.1. The lowest BCUT2D eigenvalue weighted by Gasteiger charge is -2.14. The average molecular weight is 133 g/mol. The van der Waals surface area contributed by atoms with E-state index in [0.29, 0.717) is 13.0 Å². The Labute approximate surface area is 52.7 Å². The Bertz CT molecular complexity index is 119. The van der Waals surface area contributed by atoms with Crippen LogP contribution in [0.4, 0.5) is 8.78 Å². The standard InChI is InChI=1S/C6H9F2N/c7-6(8)5-3-1-2-4-9-5/h9H,1-4H2. The first-order chi connectivity index (χ1) is 4.30. The van der Waals surface area contributed by atoms with Gasteiger partial charge >= 0.3 is 0 Å². The molecule has 0 unspecified atom stereocenters. The Morgan fingerprint density at radius 3 is 2.44 bits per heavy atom. The predicted molar refractivity (Wildman–Crippen MR) is 31.1 cm³/mol. The molecule has 1 N–H and O–H groups in total. The fraction of sp³-hybridized carbons (Fsp3) is 0.667. The van der Waals surface area contributed by atoms with Crippen LogP contribution in [0.25, 0.3) is 0 Å². The lowest BCUT2D eigenvalue weighted by molar-refractivity contribution is 0.388. The Balaban J connectivity index is 2.49. The number of halogens is 2. The molecule has 0 spiro atoms. The van der Waals surface area contributed by atoms with Crippen molar-refractivity contribution in [3.8, 4) is 0 Å². The third-order valence-corrected chi connectivity index (χ3v) is 1.42. The molecule has 1 aliphatic rings. The van der Waals surface area contributed by atoms with E-state index >= 15 is 0 Å². The molecule has 0 bridgehead atoms. The Hall–Kier alpha value is -0.600. The van der Waals surface area contributed by atoms with Crippen LogP contribution >= 0.6 is 0 Å². The molecule has 0 aromatic heterocycles. The lowest BCUT2D eigenvalue weighted by Crippen LogP contribution is -2.20. The molecule has 3 heteroatoms. The summed E-state index contributed by atoms with van der Waals surface area (Å²) in [7, 11) is 0. The monoisotopic (exact) mass is 133 g/mol. The van der Waals surface area contributed by atoms with Crippen LogP contribution in [0.2, 0.25) is 0 Å². The van der Waals surface area contributed by atoms with E-state index < -0.39 is 6.08 Å². The van der Waals surface area contributed by atoms with Crippen LogP contribution in [0.15, 0.2) is 11.8 Å². The number of nitrogens with one attached hydrogen (secondary N) is 1. The van der Waals surface area contributed by atoms with Crippen LogP contribution in [0.5, 0.6) is 0 Å². The average Bonchev–Trinajstić information content (AvgIpc) is 1.90. The zero-order valence-corrected chi connectivity index (χ0v) is 5.08. The quantitative estimate of drug-likeness (QED) is 0.532. The van der Waals surface area contributed by atoms with Gasteiger partial charge in [-0.2, -0.15) is 8.78 Å². The van der Waals surface area contributed by atoms with Gasteiger partial charge in [-0.15, -0.1) is 0 Å². The van der Waals surface area contributed by atoms with E-state index in [4.69, 9.17) is 0 Å². The van der Waals surface area contributed by atoms with Crippen molar-refractivity contribution in [2.75, 3.05) is 6.54 Å². The topological polar surface area (TPSA) is 12.0 Å². The molecule has 0 amide bonds. The van der Waals surface area contributed by atoms with Gasteiger partial charge in [0.25, 0.3) is 6.08 Å². The van der Waals surface area contributed by atoms with Crippen LogP contribution < -0.4 is 5.32 Å². The fourth-order valence-corrected chi connectivity index (χ4v) is 0.916.